The first kappa shape index (κ1) is 36.7. The fourth-order valence-electron chi connectivity index (χ4n) is 8.15. The maximum Gasteiger partial charge on any atom is 0.244 e. The topological polar surface area (TPSA) is 67.4 Å². The minimum absolute atomic E-state index is 0.0131. The summed E-state index contributed by atoms with van der Waals surface area (Å²) in [6, 6.07) is 7.14. The number of nitrogens with zero attached hydrogens (tertiary/aromatic N) is 5. The van der Waals surface area contributed by atoms with Gasteiger partial charge in [0, 0.05) is 62.8 Å². The maximum atomic E-state index is 14.8. The van der Waals surface area contributed by atoms with Crippen LogP contribution in [-0.4, -0.2) is 120 Å². The molecule has 1 aliphatic carbocycles. The Hall–Kier alpha value is -2.16. The van der Waals surface area contributed by atoms with Crippen molar-refractivity contribution in [2.75, 3.05) is 54.4 Å². The van der Waals surface area contributed by atoms with E-state index in [1.165, 1.54) is 0 Å². The van der Waals surface area contributed by atoms with E-state index < -0.39 is 11.5 Å². The van der Waals surface area contributed by atoms with Gasteiger partial charge >= 0.3 is 0 Å². The van der Waals surface area contributed by atoms with Crippen LogP contribution in [0.4, 0.5) is 0 Å². The lowest BCUT2D eigenvalue weighted by Crippen LogP contribution is -2.56. The zero-order chi connectivity index (χ0) is 34.4. The van der Waals surface area contributed by atoms with Crippen LogP contribution in [0.2, 0.25) is 5.02 Å². The van der Waals surface area contributed by atoms with Crippen LogP contribution in [0.25, 0.3) is 0 Å². The lowest BCUT2D eigenvalue weighted by molar-refractivity contribution is -0.148. The Balaban J connectivity index is 1.71. The van der Waals surface area contributed by atoms with Gasteiger partial charge < -0.3 is 19.6 Å². The summed E-state index contributed by atoms with van der Waals surface area (Å²) in [6.45, 7) is 17.6. The number of hydrogen-bond acceptors (Lipinski definition) is 5. The highest BCUT2D eigenvalue weighted by Crippen LogP contribution is 2.42. The minimum Gasteiger partial charge on any atom is -0.347 e. The third-order valence-electron chi connectivity index (χ3n) is 10.8. The molecule has 1 aromatic rings. The molecule has 4 rings (SSSR count). The van der Waals surface area contributed by atoms with Gasteiger partial charge in [-0.05, 0) is 104 Å². The molecule has 0 spiro atoms. The van der Waals surface area contributed by atoms with E-state index in [0.29, 0.717) is 31.1 Å². The summed E-state index contributed by atoms with van der Waals surface area (Å²) in [4.78, 5) is 53.3. The summed E-state index contributed by atoms with van der Waals surface area (Å²) in [6.07, 6.45) is 4.45. The Labute approximate surface area is 283 Å². The molecule has 2 heterocycles. The van der Waals surface area contributed by atoms with E-state index in [4.69, 9.17) is 11.6 Å². The number of rotatable bonds is 8. The molecule has 1 unspecified atom stereocenters. The van der Waals surface area contributed by atoms with Gasteiger partial charge in [0.05, 0.1) is 17.4 Å². The molecule has 8 nitrogen and oxygen atoms in total. The van der Waals surface area contributed by atoms with Crippen LogP contribution in [0.15, 0.2) is 24.3 Å². The normalized spacial score (nSPS) is 26.1. The van der Waals surface area contributed by atoms with Crippen molar-refractivity contribution in [1.29, 1.82) is 0 Å². The molecule has 2 saturated heterocycles. The first-order chi connectivity index (χ1) is 21.2. The van der Waals surface area contributed by atoms with Crippen molar-refractivity contribution >= 4 is 29.3 Å². The zero-order valence-electron chi connectivity index (χ0n) is 30.4. The summed E-state index contributed by atoms with van der Waals surface area (Å²) >= 11 is 6.25. The third kappa shape index (κ3) is 8.10. The Bertz CT molecular complexity index is 1240. The number of likely N-dealkylation sites (N-methyl/N-ethyl adjacent to an activating group) is 1. The largest absolute Gasteiger partial charge is 0.347 e. The Kier molecular flexibility index (Phi) is 11.0. The van der Waals surface area contributed by atoms with Crippen molar-refractivity contribution in [1.82, 2.24) is 24.5 Å². The number of benzene rings is 1. The van der Waals surface area contributed by atoms with Crippen LogP contribution in [0.3, 0.4) is 0 Å². The molecule has 0 N–H and O–H groups in total. The molecular formula is C37H60ClN5O3. The average Bonchev–Trinajstić information content (AvgIpc) is 3.59. The molecule has 3 amide bonds. The van der Waals surface area contributed by atoms with Crippen LogP contribution in [0.1, 0.15) is 92.1 Å². The van der Waals surface area contributed by atoms with Crippen molar-refractivity contribution in [3.8, 4) is 0 Å². The van der Waals surface area contributed by atoms with Crippen LogP contribution >= 0.6 is 11.6 Å². The van der Waals surface area contributed by atoms with Gasteiger partial charge in [0.25, 0.3) is 0 Å². The molecule has 1 saturated carbocycles. The predicted octanol–water partition coefficient (Wildman–Crippen LogP) is 5.60. The monoisotopic (exact) mass is 657 g/mol. The van der Waals surface area contributed by atoms with Gasteiger partial charge in [0.15, 0.2) is 0 Å². The van der Waals surface area contributed by atoms with Gasteiger partial charge in [0.1, 0.15) is 6.04 Å². The van der Waals surface area contributed by atoms with Gasteiger partial charge in [-0.15, -0.1) is 0 Å². The first-order valence-corrected chi connectivity index (χ1v) is 17.6. The maximum absolute atomic E-state index is 14.8. The molecule has 2 aliphatic heterocycles. The number of amides is 3. The standard InChI is InChI=1S/C37H60ClN5O3/c1-35(2,3)41-22-29(25-12-14-26(38)15-13-25)30(23-41)32(44)42-21-28(20-31(42)33(45)40(10)11)43(27-16-18-36(4,5)19-17-27)34(46)37(6,7)24-39(8)9/h12-15,27-31H,16-24H2,1-11H3/t28-,29-,30?,31-/m0/s1. The van der Waals surface area contributed by atoms with Gasteiger partial charge in [-0.1, -0.05) is 37.6 Å². The first-order valence-electron chi connectivity index (χ1n) is 17.2. The van der Waals surface area contributed by atoms with E-state index in [0.717, 1.165) is 37.8 Å². The highest BCUT2D eigenvalue weighted by molar-refractivity contribution is 6.30. The second-order valence-electron chi connectivity index (χ2n) is 17.2. The SMILES string of the molecule is CN(C)CC(C)(C)C(=O)N(C1CCC(C)(C)CC1)[C@H]1C[C@@H](C(=O)N(C)C)N(C(=O)C2CN(C(C)(C)C)C[C@H]2c2ccc(Cl)cc2)C1. The second kappa shape index (κ2) is 13.8. The van der Waals surface area contributed by atoms with Gasteiger partial charge in [-0.3, -0.25) is 19.3 Å². The lowest BCUT2D eigenvalue weighted by atomic mass is 9.74. The van der Waals surface area contributed by atoms with Crippen molar-refractivity contribution in [3.05, 3.63) is 34.9 Å². The molecule has 1 aromatic carbocycles. The number of carbonyl (C=O) groups is 3. The molecular weight excluding hydrogens is 598 g/mol. The van der Waals surface area contributed by atoms with E-state index in [1.54, 1.807) is 19.0 Å². The Morgan fingerprint density at radius 2 is 1.48 bits per heavy atom. The summed E-state index contributed by atoms with van der Waals surface area (Å²) < 4.78 is 0. The van der Waals surface area contributed by atoms with Crippen molar-refractivity contribution in [2.24, 2.45) is 16.7 Å². The fourth-order valence-corrected chi connectivity index (χ4v) is 8.28. The minimum atomic E-state index is -0.604. The van der Waals surface area contributed by atoms with Crippen molar-refractivity contribution in [3.63, 3.8) is 0 Å². The summed E-state index contributed by atoms with van der Waals surface area (Å²) in [5.74, 6) is -0.259. The predicted molar refractivity (Wildman–Crippen MR) is 187 cm³/mol. The van der Waals surface area contributed by atoms with Crippen LogP contribution < -0.4 is 0 Å². The molecule has 0 bridgehead atoms. The van der Waals surface area contributed by atoms with Crippen LogP contribution in [-0.2, 0) is 14.4 Å². The van der Waals surface area contributed by atoms with Crippen LogP contribution in [0, 0.1) is 16.7 Å². The molecule has 4 atom stereocenters. The second-order valence-corrected chi connectivity index (χ2v) is 17.6. The van der Waals surface area contributed by atoms with E-state index >= 15 is 0 Å². The summed E-state index contributed by atoms with van der Waals surface area (Å²) in [5.41, 5.74) is 0.631. The highest BCUT2D eigenvalue weighted by Gasteiger charge is 2.51. The number of halogens is 1. The van der Waals surface area contributed by atoms with Gasteiger partial charge in [-0.25, -0.2) is 0 Å². The Morgan fingerprint density at radius 1 is 0.891 bits per heavy atom. The van der Waals surface area contributed by atoms with E-state index in [9.17, 15) is 14.4 Å². The number of likely N-dealkylation sites (tertiary alicyclic amines) is 2. The molecule has 46 heavy (non-hydrogen) atoms. The van der Waals surface area contributed by atoms with E-state index in [1.807, 2.05) is 57.1 Å². The van der Waals surface area contributed by atoms with Crippen molar-refractivity contribution in [2.45, 2.75) is 110 Å². The van der Waals surface area contributed by atoms with Gasteiger partial charge in [0.2, 0.25) is 17.7 Å². The molecule has 0 radical (unpaired) electrons. The Morgan fingerprint density at radius 3 is 2.00 bits per heavy atom. The molecule has 9 heteroatoms. The lowest BCUT2D eigenvalue weighted by Gasteiger charge is -2.45. The highest BCUT2D eigenvalue weighted by atomic mass is 35.5. The molecule has 258 valence electrons. The van der Waals surface area contributed by atoms with Crippen LogP contribution in [0.5, 0.6) is 0 Å². The molecule has 3 aliphatic rings. The summed E-state index contributed by atoms with van der Waals surface area (Å²) in [5, 5.41) is 0.671. The van der Waals surface area contributed by atoms with Crippen molar-refractivity contribution < 1.29 is 14.4 Å². The fraction of sp³-hybridized carbons (Fsp3) is 0.757. The third-order valence-corrected chi connectivity index (χ3v) is 11.0. The van der Waals surface area contributed by atoms with Gasteiger partial charge in [-0.2, -0.15) is 0 Å². The van der Waals surface area contributed by atoms with E-state index in [-0.39, 0.29) is 52.6 Å². The zero-order valence-corrected chi connectivity index (χ0v) is 31.2. The summed E-state index contributed by atoms with van der Waals surface area (Å²) in [7, 11) is 7.53. The number of carbonyl (C=O) groups excluding carboxylic acids is 3. The molecule has 3 fully saturated rings. The smallest absolute Gasteiger partial charge is 0.244 e. The molecule has 0 aromatic heterocycles. The average molecular weight is 658 g/mol. The number of hydrogen-bond donors (Lipinski definition) is 0. The quantitative estimate of drug-likeness (QED) is 0.364. The van der Waals surface area contributed by atoms with E-state index in [2.05, 4.69) is 49.3 Å².